The van der Waals surface area contributed by atoms with Gasteiger partial charge >= 0.3 is 6.18 Å². The fraction of sp³-hybridized carbons (Fsp3) is 0.400. The second-order valence-electron chi connectivity index (χ2n) is 7.47. The molecule has 0 saturated heterocycles. The highest BCUT2D eigenvalue weighted by Gasteiger charge is 2.33. The Bertz CT molecular complexity index is 1040. The van der Waals surface area contributed by atoms with Crippen molar-refractivity contribution in [2.75, 3.05) is 12.8 Å². The lowest BCUT2D eigenvalue weighted by Crippen LogP contribution is -2.29. The van der Waals surface area contributed by atoms with Crippen molar-refractivity contribution in [3.8, 4) is 0 Å². The van der Waals surface area contributed by atoms with Crippen LogP contribution in [0.1, 0.15) is 46.8 Å². The van der Waals surface area contributed by atoms with E-state index < -0.39 is 27.6 Å². The molecule has 1 aliphatic rings. The lowest BCUT2D eigenvalue weighted by Gasteiger charge is -2.19. The third-order valence-electron chi connectivity index (χ3n) is 4.98. The molecule has 1 unspecified atom stereocenters. The van der Waals surface area contributed by atoms with Crippen molar-refractivity contribution in [1.82, 2.24) is 10.3 Å². The summed E-state index contributed by atoms with van der Waals surface area (Å²) in [5.74, 6) is -0.300. The first-order valence-electron chi connectivity index (χ1n) is 9.26. The normalized spacial score (nSPS) is 15.6. The first-order chi connectivity index (χ1) is 13.9. The number of benzene rings is 1. The third-order valence-corrected chi connectivity index (χ3v) is 6.42. The number of aromatic nitrogens is 1. The summed E-state index contributed by atoms with van der Waals surface area (Å²) in [5, 5.41) is 2.83. The van der Waals surface area contributed by atoms with Crippen LogP contribution in [-0.2, 0) is 16.0 Å². The molecule has 1 N–H and O–H groups in total. The van der Waals surface area contributed by atoms with E-state index >= 15 is 0 Å². The Morgan fingerprint density at radius 3 is 2.50 bits per heavy atom. The minimum atomic E-state index is -4.51. The van der Waals surface area contributed by atoms with E-state index in [1.165, 1.54) is 30.5 Å². The Balaban J connectivity index is 1.76. The van der Waals surface area contributed by atoms with Crippen LogP contribution < -0.4 is 5.32 Å². The summed E-state index contributed by atoms with van der Waals surface area (Å²) < 4.78 is 61.8. The molecule has 2 aromatic rings. The second-order valence-corrected chi connectivity index (χ2v) is 9.90. The average Bonchev–Trinajstić information content (AvgIpc) is 3.48. The molecule has 0 bridgehead atoms. The SMILES string of the molecule is CS(=O)(=O)c1ccc(Cl)c(C(=O)NCC(CC2CC2)c2ccc(C(F)(F)F)nc2)c1. The molecule has 1 aromatic heterocycles. The zero-order valence-electron chi connectivity index (χ0n) is 16.0. The van der Waals surface area contributed by atoms with Crippen LogP contribution in [0.25, 0.3) is 0 Å². The van der Waals surface area contributed by atoms with Gasteiger partial charge in [0.15, 0.2) is 9.84 Å². The average molecular weight is 461 g/mol. The molecule has 1 aromatic carbocycles. The summed E-state index contributed by atoms with van der Waals surface area (Å²) >= 11 is 6.06. The van der Waals surface area contributed by atoms with Gasteiger partial charge in [-0.3, -0.25) is 9.78 Å². The first-order valence-corrected chi connectivity index (χ1v) is 11.5. The van der Waals surface area contributed by atoms with Gasteiger partial charge in [-0.1, -0.05) is 30.5 Å². The van der Waals surface area contributed by atoms with Crippen LogP contribution in [-0.4, -0.2) is 32.1 Å². The summed E-state index contributed by atoms with van der Waals surface area (Å²) in [5.41, 5.74) is -0.341. The van der Waals surface area contributed by atoms with E-state index in [0.717, 1.165) is 25.2 Å². The Kier molecular flexibility index (Phi) is 6.43. The van der Waals surface area contributed by atoms with Crippen molar-refractivity contribution in [3.05, 3.63) is 58.4 Å². The van der Waals surface area contributed by atoms with Crippen LogP contribution in [0.3, 0.4) is 0 Å². The lowest BCUT2D eigenvalue weighted by molar-refractivity contribution is -0.141. The molecule has 10 heteroatoms. The predicted octanol–water partition coefficient (Wildman–Crippen LogP) is 4.47. The molecule has 1 heterocycles. The topological polar surface area (TPSA) is 76.1 Å². The smallest absolute Gasteiger partial charge is 0.351 e. The maximum Gasteiger partial charge on any atom is 0.433 e. The van der Waals surface area contributed by atoms with Gasteiger partial charge in [0, 0.05) is 24.9 Å². The Labute approximate surface area is 177 Å². The number of nitrogens with one attached hydrogen (secondary N) is 1. The molecule has 30 heavy (non-hydrogen) atoms. The Morgan fingerprint density at radius 1 is 1.27 bits per heavy atom. The third kappa shape index (κ3) is 5.72. The van der Waals surface area contributed by atoms with E-state index in [-0.39, 0.29) is 27.9 Å². The molecule has 1 aliphatic carbocycles. The number of sulfone groups is 1. The van der Waals surface area contributed by atoms with E-state index in [1.54, 1.807) is 0 Å². The van der Waals surface area contributed by atoms with Gasteiger partial charge in [0.05, 0.1) is 15.5 Å². The van der Waals surface area contributed by atoms with Crippen LogP contribution in [0.2, 0.25) is 5.02 Å². The number of nitrogens with zero attached hydrogens (tertiary/aromatic N) is 1. The quantitative estimate of drug-likeness (QED) is 0.661. The van der Waals surface area contributed by atoms with Gasteiger partial charge < -0.3 is 5.32 Å². The first kappa shape index (κ1) is 22.6. The number of amides is 1. The molecule has 3 rings (SSSR count). The number of alkyl halides is 3. The van der Waals surface area contributed by atoms with E-state index in [2.05, 4.69) is 10.3 Å². The number of hydrogen-bond acceptors (Lipinski definition) is 4. The fourth-order valence-electron chi connectivity index (χ4n) is 3.13. The van der Waals surface area contributed by atoms with Gasteiger partial charge in [-0.15, -0.1) is 0 Å². The molecular weight excluding hydrogens is 441 g/mol. The van der Waals surface area contributed by atoms with E-state index in [0.29, 0.717) is 17.9 Å². The molecule has 1 fully saturated rings. The van der Waals surface area contributed by atoms with Crippen LogP contribution in [0, 0.1) is 5.92 Å². The molecule has 1 atom stereocenters. The largest absolute Gasteiger partial charge is 0.433 e. The van der Waals surface area contributed by atoms with Crippen molar-refractivity contribution in [1.29, 1.82) is 0 Å². The van der Waals surface area contributed by atoms with E-state index in [4.69, 9.17) is 11.6 Å². The number of carbonyl (C=O) groups is 1. The highest BCUT2D eigenvalue weighted by atomic mass is 35.5. The number of rotatable bonds is 7. The van der Waals surface area contributed by atoms with Crippen molar-refractivity contribution in [2.24, 2.45) is 5.92 Å². The summed E-state index contributed by atoms with van der Waals surface area (Å²) in [4.78, 5) is 16.1. The Morgan fingerprint density at radius 2 is 1.97 bits per heavy atom. The van der Waals surface area contributed by atoms with Crippen LogP contribution in [0.5, 0.6) is 0 Å². The van der Waals surface area contributed by atoms with Crippen molar-refractivity contribution in [3.63, 3.8) is 0 Å². The van der Waals surface area contributed by atoms with Gasteiger partial charge in [0.2, 0.25) is 0 Å². The molecular formula is C20H20ClF3N2O3S. The van der Waals surface area contributed by atoms with Crippen LogP contribution in [0.15, 0.2) is 41.4 Å². The van der Waals surface area contributed by atoms with Gasteiger partial charge in [-0.2, -0.15) is 13.2 Å². The standard InChI is InChI=1S/C20H20ClF3N2O3S/c1-30(28,29)15-5-6-17(21)16(9-15)19(27)26-11-14(8-12-2-3-12)13-4-7-18(25-10-13)20(22,23)24/h4-7,9-10,12,14H,2-3,8,11H2,1H3,(H,26,27). The van der Waals surface area contributed by atoms with Gasteiger partial charge in [0.25, 0.3) is 5.91 Å². The highest BCUT2D eigenvalue weighted by Crippen LogP contribution is 2.39. The number of pyridine rings is 1. The maximum absolute atomic E-state index is 12.8. The summed E-state index contributed by atoms with van der Waals surface area (Å²) in [6.45, 7) is 0.168. The van der Waals surface area contributed by atoms with Gasteiger partial charge in [0.1, 0.15) is 5.69 Å². The summed E-state index contributed by atoms with van der Waals surface area (Å²) in [6, 6.07) is 6.19. The zero-order valence-corrected chi connectivity index (χ0v) is 17.6. The molecule has 1 saturated carbocycles. The molecule has 5 nitrogen and oxygen atoms in total. The van der Waals surface area contributed by atoms with Crippen LogP contribution in [0.4, 0.5) is 13.2 Å². The van der Waals surface area contributed by atoms with Crippen LogP contribution >= 0.6 is 11.6 Å². The maximum atomic E-state index is 12.8. The van der Waals surface area contributed by atoms with Crippen molar-refractivity contribution in [2.45, 2.75) is 36.3 Å². The number of hydrogen-bond donors (Lipinski definition) is 1. The van der Waals surface area contributed by atoms with E-state index in [9.17, 15) is 26.4 Å². The fourth-order valence-corrected chi connectivity index (χ4v) is 3.98. The van der Waals surface area contributed by atoms with Gasteiger partial charge in [-0.05, 0) is 42.2 Å². The minimum absolute atomic E-state index is 0.0234. The lowest BCUT2D eigenvalue weighted by atomic mass is 9.94. The monoisotopic (exact) mass is 460 g/mol. The summed E-state index contributed by atoms with van der Waals surface area (Å²) in [7, 11) is -3.51. The predicted molar refractivity (Wildman–Crippen MR) is 106 cm³/mol. The summed E-state index contributed by atoms with van der Waals surface area (Å²) in [6.07, 6.45) is 0.506. The molecule has 0 spiro atoms. The molecule has 0 aliphatic heterocycles. The molecule has 162 valence electrons. The van der Waals surface area contributed by atoms with Crippen molar-refractivity contribution >= 4 is 27.3 Å². The second kappa shape index (κ2) is 8.55. The molecule has 1 amide bonds. The zero-order chi connectivity index (χ0) is 22.1. The highest BCUT2D eigenvalue weighted by molar-refractivity contribution is 7.90. The molecule has 0 radical (unpaired) electrons. The van der Waals surface area contributed by atoms with Crippen molar-refractivity contribution < 1.29 is 26.4 Å². The van der Waals surface area contributed by atoms with E-state index in [1.807, 2.05) is 0 Å². The Hall–Kier alpha value is -2.13. The number of halogens is 4. The minimum Gasteiger partial charge on any atom is -0.351 e. The number of carbonyl (C=O) groups excluding carboxylic acids is 1. The van der Waals surface area contributed by atoms with Gasteiger partial charge in [-0.25, -0.2) is 8.42 Å².